The third kappa shape index (κ3) is 3.29. The van der Waals surface area contributed by atoms with Crippen molar-refractivity contribution in [2.45, 2.75) is 31.9 Å². The minimum atomic E-state index is -4.54. The molecule has 0 spiro atoms. The molecule has 1 aliphatic rings. The quantitative estimate of drug-likeness (QED) is 0.907. The van der Waals surface area contributed by atoms with E-state index in [9.17, 15) is 18.0 Å². The molecule has 1 fully saturated rings. The number of benzene rings is 1. The fraction of sp³-hybridized carbons (Fsp3) is 0.412. The van der Waals surface area contributed by atoms with E-state index in [1.54, 1.807) is 0 Å². The van der Waals surface area contributed by atoms with Gasteiger partial charge < -0.3 is 4.90 Å². The molecule has 0 saturated carbocycles. The van der Waals surface area contributed by atoms with Gasteiger partial charge in [0.15, 0.2) is 0 Å². The van der Waals surface area contributed by atoms with Crippen LogP contribution in [0, 0.1) is 6.92 Å². The number of nitrogens with one attached hydrogen (secondary N) is 1. The van der Waals surface area contributed by atoms with Crippen molar-refractivity contribution in [1.29, 1.82) is 0 Å². The molecule has 2 aromatic rings. The van der Waals surface area contributed by atoms with E-state index in [1.165, 1.54) is 23.1 Å². The number of alkyl halides is 3. The van der Waals surface area contributed by atoms with E-state index < -0.39 is 17.6 Å². The number of rotatable bonds is 2. The molecule has 0 aliphatic carbocycles. The summed E-state index contributed by atoms with van der Waals surface area (Å²) in [7, 11) is 0. The van der Waals surface area contributed by atoms with Crippen molar-refractivity contribution in [3.63, 3.8) is 0 Å². The van der Waals surface area contributed by atoms with E-state index in [0.29, 0.717) is 13.1 Å². The zero-order valence-electron chi connectivity index (χ0n) is 13.2. The average Bonchev–Trinajstić information content (AvgIpc) is 3.00. The standard InChI is InChI=1S/C17H18F3N3O/c1-11-9-15(22-21-11)12-5-4-8-23(10-12)16(24)13-6-2-3-7-14(13)17(18,19)20/h2-3,6-7,9,12H,4-5,8,10H2,1H3,(H,21,22)/t12-/m1/s1. The van der Waals surface area contributed by atoms with Crippen LogP contribution in [-0.4, -0.2) is 34.1 Å². The van der Waals surface area contributed by atoms with Crippen LogP contribution in [0.1, 0.15) is 46.1 Å². The highest BCUT2D eigenvalue weighted by molar-refractivity contribution is 5.96. The third-order valence-corrected chi connectivity index (χ3v) is 4.32. The molecular weight excluding hydrogens is 319 g/mol. The summed E-state index contributed by atoms with van der Waals surface area (Å²) in [5.74, 6) is -0.523. The summed E-state index contributed by atoms with van der Waals surface area (Å²) >= 11 is 0. The number of nitrogens with zero attached hydrogens (tertiary/aromatic N) is 2. The first-order valence-electron chi connectivity index (χ1n) is 7.83. The normalized spacial score (nSPS) is 18.7. The first-order chi connectivity index (χ1) is 11.4. The van der Waals surface area contributed by atoms with Crippen molar-refractivity contribution in [3.8, 4) is 0 Å². The van der Waals surface area contributed by atoms with Gasteiger partial charge in [0.2, 0.25) is 0 Å². The molecule has 0 radical (unpaired) electrons. The molecule has 128 valence electrons. The summed E-state index contributed by atoms with van der Waals surface area (Å²) in [5, 5.41) is 7.09. The van der Waals surface area contributed by atoms with Crippen LogP contribution in [0.2, 0.25) is 0 Å². The zero-order chi connectivity index (χ0) is 17.3. The third-order valence-electron chi connectivity index (χ3n) is 4.32. The molecule has 4 nitrogen and oxygen atoms in total. The van der Waals surface area contributed by atoms with Crippen LogP contribution >= 0.6 is 0 Å². The number of carbonyl (C=O) groups is 1. The molecule has 1 saturated heterocycles. The number of piperidine rings is 1. The van der Waals surface area contributed by atoms with E-state index in [0.717, 1.165) is 30.3 Å². The molecule has 7 heteroatoms. The summed E-state index contributed by atoms with van der Waals surface area (Å²) < 4.78 is 39.4. The maximum Gasteiger partial charge on any atom is 0.417 e. The fourth-order valence-electron chi connectivity index (χ4n) is 3.14. The summed E-state index contributed by atoms with van der Waals surface area (Å²) in [6.45, 7) is 2.74. The highest BCUT2D eigenvalue weighted by atomic mass is 19.4. The van der Waals surface area contributed by atoms with Gasteiger partial charge in [-0.15, -0.1) is 0 Å². The van der Waals surface area contributed by atoms with Crippen LogP contribution < -0.4 is 0 Å². The van der Waals surface area contributed by atoms with Crippen molar-refractivity contribution in [1.82, 2.24) is 15.1 Å². The topological polar surface area (TPSA) is 49.0 Å². The first-order valence-corrected chi connectivity index (χ1v) is 7.83. The van der Waals surface area contributed by atoms with E-state index in [4.69, 9.17) is 0 Å². The van der Waals surface area contributed by atoms with Crippen LogP contribution in [0.15, 0.2) is 30.3 Å². The Morgan fingerprint density at radius 1 is 1.33 bits per heavy atom. The smallest absolute Gasteiger partial charge is 0.338 e. The molecular formula is C17H18F3N3O. The lowest BCUT2D eigenvalue weighted by Gasteiger charge is -2.32. The number of carbonyl (C=O) groups excluding carboxylic acids is 1. The Balaban J connectivity index is 1.83. The van der Waals surface area contributed by atoms with Gasteiger partial charge in [-0.05, 0) is 38.0 Å². The van der Waals surface area contributed by atoms with Crippen molar-refractivity contribution >= 4 is 5.91 Å². The number of aromatic amines is 1. The lowest BCUT2D eigenvalue weighted by molar-refractivity contribution is -0.138. The average molecular weight is 337 g/mol. The van der Waals surface area contributed by atoms with E-state index in [2.05, 4.69) is 10.2 Å². The Kier molecular flexibility index (Phi) is 4.34. The van der Waals surface area contributed by atoms with Crippen LogP contribution in [0.25, 0.3) is 0 Å². The van der Waals surface area contributed by atoms with Gasteiger partial charge in [0.1, 0.15) is 0 Å². The van der Waals surface area contributed by atoms with Gasteiger partial charge in [-0.1, -0.05) is 12.1 Å². The minimum absolute atomic E-state index is 0.0469. The molecule has 1 aromatic heterocycles. The number of aryl methyl sites for hydroxylation is 1. The zero-order valence-corrected chi connectivity index (χ0v) is 13.2. The Labute approximate surface area is 137 Å². The molecule has 1 aliphatic heterocycles. The lowest BCUT2D eigenvalue weighted by Crippen LogP contribution is -2.40. The van der Waals surface area contributed by atoms with Crippen LogP contribution in [-0.2, 0) is 6.18 Å². The van der Waals surface area contributed by atoms with Crippen molar-refractivity contribution < 1.29 is 18.0 Å². The summed E-state index contributed by atoms with van der Waals surface area (Å²) in [6, 6.07) is 6.87. The molecule has 1 atom stereocenters. The van der Waals surface area contributed by atoms with Crippen LogP contribution in [0.3, 0.4) is 0 Å². The Bertz CT molecular complexity index is 739. The highest BCUT2D eigenvalue weighted by Crippen LogP contribution is 2.33. The van der Waals surface area contributed by atoms with E-state index in [1.807, 2.05) is 13.0 Å². The number of H-pyrrole nitrogens is 1. The summed E-state index contributed by atoms with van der Waals surface area (Å²) in [6.07, 6.45) is -2.92. The van der Waals surface area contributed by atoms with Gasteiger partial charge in [-0.25, -0.2) is 0 Å². The summed E-state index contributed by atoms with van der Waals surface area (Å²) in [5.41, 5.74) is 0.613. The van der Waals surface area contributed by atoms with Crippen molar-refractivity contribution in [2.24, 2.45) is 0 Å². The number of hydrogen-bond donors (Lipinski definition) is 1. The number of hydrogen-bond acceptors (Lipinski definition) is 2. The summed E-state index contributed by atoms with van der Waals surface area (Å²) in [4.78, 5) is 14.1. The maximum absolute atomic E-state index is 13.1. The lowest BCUT2D eigenvalue weighted by atomic mass is 9.93. The van der Waals surface area contributed by atoms with E-state index >= 15 is 0 Å². The maximum atomic E-state index is 13.1. The fourth-order valence-corrected chi connectivity index (χ4v) is 3.14. The van der Waals surface area contributed by atoms with Gasteiger partial charge in [-0.2, -0.15) is 18.3 Å². The first kappa shape index (κ1) is 16.5. The Morgan fingerprint density at radius 3 is 2.75 bits per heavy atom. The second-order valence-corrected chi connectivity index (χ2v) is 6.11. The molecule has 1 aromatic carbocycles. The number of amides is 1. The van der Waals surface area contributed by atoms with Gasteiger partial charge in [0, 0.05) is 24.7 Å². The Hall–Kier alpha value is -2.31. The van der Waals surface area contributed by atoms with E-state index in [-0.39, 0.29) is 11.5 Å². The monoisotopic (exact) mass is 337 g/mol. The number of likely N-dealkylation sites (tertiary alicyclic amines) is 1. The number of halogens is 3. The Morgan fingerprint density at radius 2 is 2.08 bits per heavy atom. The predicted octanol–water partition coefficient (Wildman–Crippen LogP) is 3.76. The van der Waals surface area contributed by atoms with Gasteiger partial charge in [-0.3, -0.25) is 9.89 Å². The molecule has 1 N–H and O–H groups in total. The molecule has 0 bridgehead atoms. The van der Waals surface area contributed by atoms with Crippen molar-refractivity contribution in [2.75, 3.05) is 13.1 Å². The largest absolute Gasteiger partial charge is 0.417 e. The molecule has 3 rings (SSSR count). The second kappa shape index (κ2) is 6.30. The van der Waals surface area contributed by atoms with Gasteiger partial charge >= 0.3 is 6.18 Å². The van der Waals surface area contributed by atoms with Crippen molar-refractivity contribution in [3.05, 3.63) is 52.8 Å². The molecule has 2 heterocycles. The minimum Gasteiger partial charge on any atom is -0.338 e. The number of aromatic nitrogens is 2. The van der Waals surface area contributed by atoms with Gasteiger partial charge in [0.05, 0.1) is 16.8 Å². The predicted molar refractivity (Wildman–Crippen MR) is 82.6 cm³/mol. The SMILES string of the molecule is Cc1cc([C@@H]2CCCN(C(=O)c3ccccc3C(F)(F)F)C2)n[nH]1. The van der Waals surface area contributed by atoms with Crippen LogP contribution in [0.5, 0.6) is 0 Å². The molecule has 1 amide bonds. The highest BCUT2D eigenvalue weighted by Gasteiger charge is 2.36. The van der Waals surface area contributed by atoms with Crippen LogP contribution in [0.4, 0.5) is 13.2 Å². The molecule has 0 unspecified atom stereocenters. The second-order valence-electron chi connectivity index (χ2n) is 6.11. The molecule has 24 heavy (non-hydrogen) atoms. The van der Waals surface area contributed by atoms with Gasteiger partial charge in [0.25, 0.3) is 5.91 Å².